The van der Waals surface area contributed by atoms with Gasteiger partial charge in [0.05, 0.1) is 6.04 Å². The Morgan fingerprint density at radius 3 is 2.24 bits per heavy atom. The molecule has 3 nitrogen and oxygen atoms in total. The van der Waals surface area contributed by atoms with Crippen molar-refractivity contribution in [1.29, 1.82) is 0 Å². The lowest BCUT2D eigenvalue weighted by Gasteiger charge is -2.33. The van der Waals surface area contributed by atoms with E-state index >= 15 is 0 Å². The lowest BCUT2D eigenvalue weighted by molar-refractivity contribution is -0.121. The molecule has 1 aromatic rings. The van der Waals surface area contributed by atoms with Crippen molar-refractivity contribution < 1.29 is 22.4 Å². The molecule has 0 radical (unpaired) electrons. The zero-order chi connectivity index (χ0) is 15.1. The molecule has 0 spiro atoms. The highest BCUT2D eigenvalue weighted by atomic mass is 19.2. The first-order valence-corrected chi connectivity index (χ1v) is 6.89. The maximum atomic E-state index is 13.8. The van der Waals surface area contributed by atoms with Crippen LogP contribution in [0, 0.1) is 23.3 Å². The summed E-state index contributed by atoms with van der Waals surface area (Å²) in [5, 5.41) is 3.09. The Bertz CT molecular complexity index is 563. The molecule has 114 valence electrons. The van der Waals surface area contributed by atoms with Crippen LogP contribution in [0.5, 0.6) is 0 Å². The number of anilines is 1. The van der Waals surface area contributed by atoms with Crippen LogP contribution >= 0.6 is 0 Å². The molecular weight excluding hydrogens is 288 g/mol. The van der Waals surface area contributed by atoms with Gasteiger partial charge in [0, 0.05) is 18.7 Å². The van der Waals surface area contributed by atoms with E-state index in [9.17, 15) is 22.4 Å². The van der Waals surface area contributed by atoms with Gasteiger partial charge in [-0.1, -0.05) is 0 Å². The number of nitrogens with zero attached hydrogens (tertiary/aromatic N) is 1. The van der Waals surface area contributed by atoms with Gasteiger partial charge in [-0.15, -0.1) is 0 Å². The first kappa shape index (κ1) is 14.3. The van der Waals surface area contributed by atoms with Crippen molar-refractivity contribution in [1.82, 2.24) is 5.32 Å². The number of carbonyl (C=O) groups excluding carboxylic acids is 1. The molecule has 3 rings (SSSR count). The van der Waals surface area contributed by atoms with Crippen molar-refractivity contribution in [3.8, 4) is 0 Å². The van der Waals surface area contributed by atoms with E-state index in [0.717, 1.165) is 17.7 Å². The summed E-state index contributed by atoms with van der Waals surface area (Å²) >= 11 is 0. The predicted molar refractivity (Wildman–Crippen MR) is 67.8 cm³/mol. The predicted octanol–water partition coefficient (Wildman–Crippen LogP) is 2.49. The Balaban J connectivity index is 1.93. The third kappa shape index (κ3) is 2.62. The third-order valence-corrected chi connectivity index (χ3v) is 3.81. The quantitative estimate of drug-likeness (QED) is 0.687. The summed E-state index contributed by atoms with van der Waals surface area (Å²) in [7, 11) is 0. The fraction of sp³-hybridized carbons (Fsp3) is 0.500. The Morgan fingerprint density at radius 2 is 1.67 bits per heavy atom. The first-order valence-electron chi connectivity index (χ1n) is 6.89. The van der Waals surface area contributed by atoms with E-state index in [1.807, 2.05) is 0 Å². The number of amides is 1. The first-order chi connectivity index (χ1) is 9.99. The molecule has 1 atom stereocenters. The second kappa shape index (κ2) is 5.29. The fourth-order valence-electron chi connectivity index (χ4n) is 2.58. The minimum absolute atomic E-state index is 0.0401. The minimum Gasteiger partial charge on any atom is -0.306 e. The van der Waals surface area contributed by atoms with Crippen LogP contribution in [0.2, 0.25) is 0 Å². The number of carbonyl (C=O) groups is 1. The molecule has 1 aliphatic carbocycles. The van der Waals surface area contributed by atoms with Gasteiger partial charge in [0.25, 0.3) is 0 Å². The van der Waals surface area contributed by atoms with Gasteiger partial charge in [-0.3, -0.25) is 4.79 Å². The summed E-state index contributed by atoms with van der Waals surface area (Å²) in [6.45, 7) is 0.0401. The number of benzene rings is 1. The third-order valence-electron chi connectivity index (χ3n) is 3.81. The SMILES string of the molecule is O=C1C(NC2CC2)CCCN1c1c(F)c(F)cc(F)c1F. The molecule has 21 heavy (non-hydrogen) atoms. The standard InChI is InChI=1S/C14H14F4N2O/c15-8-6-9(16)12(18)13(11(8)17)20-5-1-2-10(14(20)21)19-7-3-4-7/h6-7,10,19H,1-5H2. The Morgan fingerprint density at radius 1 is 1.05 bits per heavy atom. The van der Waals surface area contributed by atoms with E-state index < -0.39 is 40.9 Å². The average Bonchev–Trinajstić information content (AvgIpc) is 3.25. The zero-order valence-corrected chi connectivity index (χ0v) is 11.1. The number of halogens is 4. The van der Waals surface area contributed by atoms with E-state index in [1.54, 1.807) is 0 Å². The monoisotopic (exact) mass is 302 g/mol. The molecule has 0 aromatic heterocycles. The summed E-state index contributed by atoms with van der Waals surface area (Å²) in [4.78, 5) is 13.1. The van der Waals surface area contributed by atoms with Crippen LogP contribution in [0.3, 0.4) is 0 Å². The molecule has 1 saturated carbocycles. The molecule has 1 N–H and O–H groups in total. The average molecular weight is 302 g/mol. The fourth-order valence-corrected chi connectivity index (χ4v) is 2.58. The Hall–Kier alpha value is -1.63. The molecule has 1 heterocycles. The highest BCUT2D eigenvalue weighted by molar-refractivity contribution is 5.98. The number of piperidine rings is 1. The molecule has 7 heteroatoms. The van der Waals surface area contributed by atoms with Gasteiger partial charge in [-0.25, -0.2) is 17.6 Å². The Kier molecular flexibility index (Phi) is 3.61. The van der Waals surface area contributed by atoms with E-state index in [1.165, 1.54) is 0 Å². The maximum Gasteiger partial charge on any atom is 0.244 e. The largest absolute Gasteiger partial charge is 0.306 e. The van der Waals surface area contributed by atoms with Crippen LogP contribution in [-0.4, -0.2) is 24.5 Å². The number of hydrogen-bond donors (Lipinski definition) is 1. The van der Waals surface area contributed by atoms with Crippen LogP contribution in [0.15, 0.2) is 6.07 Å². The van der Waals surface area contributed by atoms with Gasteiger partial charge in [0.15, 0.2) is 23.3 Å². The van der Waals surface area contributed by atoms with Gasteiger partial charge in [0.1, 0.15) is 5.69 Å². The summed E-state index contributed by atoms with van der Waals surface area (Å²) in [5.74, 6) is -6.62. The summed E-state index contributed by atoms with van der Waals surface area (Å²) in [5.41, 5.74) is -0.931. The topological polar surface area (TPSA) is 32.3 Å². The normalized spacial score (nSPS) is 22.8. The van der Waals surface area contributed by atoms with Crippen LogP contribution in [0.4, 0.5) is 23.2 Å². The van der Waals surface area contributed by atoms with Crippen molar-refractivity contribution in [3.63, 3.8) is 0 Å². The summed E-state index contributed by atoms with van der Waals surface area (Å²) in [6, 6.07) is -0.170. The second-order valence-electron chi connectivity index (χ2n) is 5.44. The van der Waals surface area contributed by atoms with Crippen molar-refractivity contribution in [2.75, 3.05) is 11.4 Å². The van der Waals surface area contributed by atoms with E-state index in [2.05, 4.69) is 5.32 Å². The molecule has 1 amide bonds. The summed E-state index contributed by atoms with van der Waals surface area (Å²) < 4.78 is 54.2. The van der Waals surface area contributed by atoms with Gasteiger partial charge >= 0.3 is 0 Å². The highest BCUT2D eigenvalue weighted by Gasteiger charge is 2.37. The molecule has 2 aliphatic rings. The second-order valence-corrected chi connectivity index (χ2v) is 5.44. The van der Waals surface area contributed by atoms with Crippen LogP contribution in [0.1, 0.15) is 25.7 Å². The van der Waals surface area contributed by atoms with Crippen molar-refractivity contribution >= 4 is 11.6 Å². The molecule has 0 bridgehead atoms. The van der Waals surface area contributed by atoms with Crippen LogP contribution < -0.4 is 10.2 Å². The minimum atomic E-state index is -1.53. The van der Waals surface area contributed by atoms with Crippen molar-refractivity contribution in [3.05, 3.63) is 29.3 Å². The van der Waals surface area contributed by atoms with E-state index in [-0.39, 0.29) is 18.7 Å². The van der Waals surface area contributed by atoms with Gasteiger partial charge in [0.2, 0.25) is 5.91 Å². The molecule has 1 saturated heterocycles. The van der Waals surface area contributed by atoms with Gasteiger partial charge in [-0.05, 0) is 25.7 Å². The highest BCUT2D eigenvalue weighted by Crippen LogP contribution is 2.31. The van der Waals surface area contributed by atoms with E-state index in [0.29, 0.717) is 12.8 Å². The van der Waals surface area contributed by atoms with Crippen LogP contribution in [0.25, 0.3) is 0 Å². The lowest BCUT2D eigenvalue weighted by Crippen LogP contribution is -2.52. The maximum absolute atomic E-state index is 13.8. The summed E-state index contributed by atoms with van der Waals surface area (Å²) in [6.07, 6.45) is 2.97. The lowest BCUT2D eigenvalue weighted by atomic mass is 10.0. The zero-order valence-electron chi connectivity index (χ0n) is 11.1. The van der Waals surface area contributed by atoms with Gasteiger partial charge < -0.3 is 10.2 Å². The molecular formula is C14H14F4N2O. The molecule has 1 aromatic carbocycles. The number of nitrogens with one attached hydrogen (secondary N) is 1. The van der Waals surface area contributed by atoms with Crippen LogP contribution in [-0.2, 0) is 4.79 Å². The van der Waals surface area contributed by atoms with Gasteiger partial charge in [-0.2, -0.15) is 0 Å². The molecule has 2 fully saturated rings. The van der Waals surface area contributed by atoms with Crippen molar-refractivity contribution in [2.45, 2.75) is 37.8 Å². The van der Waals surface area contributed by atoms with Crippen molar-refractivity contribution in [2.24, 2.45) is 0 Å². The molecule has 1 unspecified atom stereocenters. The number of hydrogen-bond acceptors (Lipinski definition) is 2. The van der Waals surface area contributed by atoms with E-state index in [4.69, 9.17) is 0 Å². The molecule has 1 aliphatic heterocycles. The Labute approximate surface area is 118 Å². The smallest absolute Gasteiger partial charge is 0.244 e. The number of rotatable bonds is 3.